The molecule has 1 aromatic carbocycles. The molecule has 0 bridgehead atoms. The Labute approximate surface area is 107 Å². The lowest BCUT2D eigenvalue weighted by atomic mass is 10.1. The van der Waals surface area contributed by atoms with E-state index in [1.807, 2.05) is 6.07 Å². The quantitative estimate of drug-likeness (QED) is 0.748. The number of nitrogens with zero attached hydrogens (tertiary/aromatic N) is 1. The van der Waals surface area contributed by atoms with Crippen LogP contribution in [0.15, 0.2) is 18.2 Å². The van der Waals surface area contributed by atoms with Crippen molar-refractivity contribution in [1.82, 2.24) is 4.90 Å². The molecule has 1 aliphatic rings. The van der Waals surface area contributed by atoms with Gasteiger partial charge in [0.15, 0.2) is 5.78 Å². The highest BCUT2D eigenvalue weighted by Crippen LogP contribution is 2.29. The number of Topliss-reactive ketones (excluding diaryl/α,β-unsaturated/α-hetero) is 1. The smallest absolute Gasteiger partial charge is 0.184 e. The summed E-state index contributed by atoms with van der Waals surface area (Å²) in [5.74, 6) is 1.23. The molecule has 18 heavy (non-hydrogen) atoms. The van der Waals surface area contributed by atoms with Gasteiger partial charge in [-0.3, -0.25) is 9.69 Å². The Hall–Kier alpha value is -1.55. The van der Waals surface area contributed by atoms with Crippen molar-refractivity contribution in [1.29, 1.82) is 0 Å². The van der Waals surface area contributed by atoms with Gasteiger partial charge in [0.1, 0.15) is 17.1 Å². The second-order valence-corrected chi connectivity index (χ2v) is 4.44. The summed E-state index contributed by atoms with van der Waals surface area (Å²) in [5.41, 5.74) is 0.550. The molecule has 0 atom stereocenters. The van der Waals surface area contributed by atoms with Gasteiger partial charge in [0.25, 0.3) is 0 Å². The third kappa shape index (κ3) is 2.64. The molecule has 4 heteroatoms. The first kappa shape index (κ1) is 12.9. The number of likely N-dealkylation sites (tertiary alicyclic amines) is 1. The number of methoxy groups -OCH3 is 2. The van der Waals surface area contributed by atoms with Crippen molar-refractivity contribution < 1.29 is 14.3 Å². The van der Waals surface area contributed by atoms with Crippen LogP contribution in [0, 0.1) is 0 Å². The van der Waals surface area contributed by atoms with Crippen LogP contribution in [0.4, 0.5) is 0 Å². The molecule has 1 heterocycles. The van der Waals surface area contributed by atoms with E-state index in [9.17, 15) is 4.79 Å². The summed E-state index contributed by atoms with van der Waals surface area (Å²) in [7, 11) is 3.14. The van der Waals surface area contributed by atoms with Gasteiger partial charge in [0.05, 0.1) is 20.8 Å². The van der Waals surface area contributed by atoms with Gasteiger partial charge in [0.2, 0.25) is 0 Å². The fourth-order valence-electron chi connectivity index (χ4n) is 2.35. The zero-order valence-corrected chi connectivity index (χ0v) is 10.9. The van der Waals surface area contributed by atoms with E-state index in [0.29, 0.717) is 23.6 Å². The summed E-state index contributed by atoms with van der Waals surface area (Å²) < 4.78 is 10.5. The van der Waals surface area contributed by atoms with Crippen LogP contribution in [0.25, 0.3) is 0 Å². The monoisotopic (exact) mass is 249 g/mol. The maximum Gasteiger partial charge on any atom is 0.184 e. The summed E-state index contributed by atoms with van der Waals surface area (Å²) in [6.45, 7) is 2.45. The zero-order valence-electron chi connectivity index (χ0n) is 10.9. The van der Waals surface area contributed by atoms with E-state index >= 15 is 0 Å². The van der Waals surface area contributed by atoms with Crippen LogP contribution in [0.5, 0.6) is 11.5 Å². The lowest BCUT2D eigenvalue weighted by Gasteiger charge is -2.16. The largest absolute Gasteiger partial charge is 0.496 e. The lowest BCUT2D eigenvalue weighted by molar-refractivity contribution is 0.0939. The summed E-state index contributed by atoms with van der Waals surface area (Å²) in [5, 5.41) is 0. The van der Waals surface area contributed by atoms with Crippen LogP contribution in [0.1, 0.15) is 23.2 Å². The van der Waals surface area contributed by atoms with E-state index in [4.69, 9.17) is 9.47 Å². The molecule has 98 valence electrons. The third-order valence-electron chi connectivity index (χ3n) is 3.27. The van der Waals surface area contributed by atoms with E-state index in [-0.39, 0.29) is 5.78 Å². The number of ether oxygens (including phenoxy) is 2. The minimum absolute atomic E-state index is 0.0613. The third-order valence-corrected chi connectivity index (χ3v) is 3.27. The average Bonchev–Trinajstić information content (AvgIpc) is 2.90. The molecule has 0 N–H and O–H groups in total. The van der Waals surface area contributed by atoms with Crippen molar-refractivity contribution in [2.24, 2.45) is 0 Å². The molecular weight excluding hydrogens is 230 g/mol. The van der Waals surface area contributed by atoms with Crippen LogP contribution in [0.2, 0.25) is 0 Å². The molecule has 0 aliphatic carbocycles. The fraction of sp³-hybridized carbons (Fsp3) is 0.500. The topological polar surface area (TPSA) is 38.8 Å². The average molecular weight is 249 g/mol. The van der Waals surface area contributed by atoms with Gasteiger partial charge in [-0.1, -0.05) is 6.07 Å². The highest BCUT2D eigenvalue weighted by Gasteiger charge is 2.22. The molecule has 1 saturated heterocycles. The summed E-state index contributed by atoms with van der Waals surface area (Å²) in [6, 6.07) is 5.41. The molecule has 2 rings (SSSR count). The molecule has 0 saturated carbocycles. The molecule has 0 spiro atoms. The number of hydrogen-bond acceptors (Lipinski definition) is 4. The van der Waals surface area contributed by atoms with Crippen molar-refractivity contribution in [3.63, 3.8) is 0 Å². The molecule has 1 fully saturated rings. The standard InChI is InChI=1S/C14H19NO3/c1-17-12-6-5-7-13(18-2)14(12)11(16)10-15-8-3-4-9-15/h5-7H,3-4,8-10H2,1-2H3. The number of carbonyl (C=O) groups is 1. The van der Waals surface area contributed by atoms with Gasteiger partial charge < -0.3 is 9.47 Å². The summed E-state index contributed by atoms with van der Waals surface area (Å²) in [4.78, 5) is 14.5. The van der Waals surface area contributed by atoms with Crippen LogP contribution in [0.3, 0.4) is 0 Å². The van der Waals surface area contributed by atoms with E-state index in [1.165, 1.54) is 12.8 Å². The predicted octanol–water partition coefficient (Wildman–Crippen LogP) is 1.98. The Morgan fingerprint density at radius 1 is 1.17 bits per heavy atom. The molecule has 0 aromatic heterocycles. The fourth-order valence-corrected chi connectivity index (χ4v) is 2.35. The van der Waals surface area contributed by atoms with Crippen molar-refractivity contribution >= 4 is 5.78 Å². The van der Waals surface area contributed by atoms with Crippen molar-refractivity contribution in [3.8, 4) is 11.5 Å². The van der Waals surface area contributed by atoms with Gasteiger partial charge in [-0.15, -0.1) is 0 Å². The Morgan fingerprint density at radius 2 is 1.72 bits per heavy atom. The minimum Gasteiger partial charge on any atom is -0.496 e. The number of hydrogen-bond donors (Lipinski definition) is 0. The maximum absolute atomic E-state index is 12.4. The summed E-state index contributed by atoms with van der Waals surface area (Å²) in [6.07, 6.45) is 2.35. The van der Waals surface area contributed by atoms with Gasteiger partial charge in [-0.05, 0) is 38.1 Å². The number of ketones is 1. The molecule has 1 aromatic rings. The molecule has 0 radical (unpaired) electrons. The number of benzene rings is 1. The molecule has 4 nitrogen and oxygen atoms in total. The Kier molecular flexibility index (Phi) is 4.20. The van der Waals surface area contributed by atoms with Gasteiger partial charge >= 0.3 is 0 Å². The number of rotatable bonds is 5. The van der Waals surface area contributed by atoms with Gasteiger partial charge in [-0.25, -0.2) is 0 Å². The van der Waals surface area contributed by atoms with Crippen molar-refractivity contribution in [2.75, 3.05) is 33.9 Å². The Balaban J connectivity index is 2.21. The highest BCUT2D eigenvalue weighted by atomic mass is 16.5. The van der Waals surface area contributed by atoms with Crippen LogP contribution in [-0.2, 0) is 0 Å². The second kappa shape index (κ2) is 5.87. The first-order chi connectivity index (χ1) is 8.76. The molecular formula is C14H19NO3. The van der Waals surface area contributed by atoms with E-state index < -0.39 is 0 Å². The zero-order chi connectivity index (χ0) is 13.0. The number of carbonyl (C=O) groups excluding carboxylic acids is 1. The normalized spacial score (nSPS) is 15.7. The van der Waals surface area contributed by atoms with Crippen LogP contribution < -0.4 is 9.47 Å². The van der Waals surface area contributed by atoms with E-state index in [2.05, 4.69) is 4.90 Å². The molecule has 1 aliphatic heterocycles. The first-order valence-electron chi connectivity index (χ1n) is 6.23. The van der Waals surface area contributed by atoms with Crippen LogP contribution >= 0.6 is 0 Å². The van der Waals surface area contributed by atoms with Crippen molar-refractivity contribution in [3.05, 3.63) is 23.8 Å². The first-order valence-corrected chi connectivity index (χ1v) is 6.23. The van der Waals surface area contributed by atoms with Gasteiger partial charge in [0, 0.05) is 0 Å². The molecule has 0 unspecified atom stereocenters. The van der Waals surface area contributed by atoms with Crippen LogP contribution in [-0.4, -0.2) is 44.5 Å². The Bertz CT molecular complexity index is 403. The Morgan fingerprint density at radius 3 is 2.22 bits per heavy atom. The van der Waals surface area contributed by atoms with Gasteiger partial charge in [-0.2, -0.15) is 0 Å². The predicted molar refractivity (Wildman–Crippen MR) is 69.6 cm³/mol. The maximum atomic E-state index is 12.4. The van der Waals surface area contributed by atoms with E-state index in [0.717, 1.165) is 13.1 Å². The van der Waals surface area contributed by atoms with Crippen molar-refractivity contribution in [2.45, 2.75) is 12.8 Å². The summed E-state index contributed by atoms with van der Waals surface area (Å²) >= 11 is 0. The second-order valence-electron chi connectivity index (χ2n) is 4.44. The molecule has 0 amide bonds. The highest BCUT2D eigenvalue weighted by molar-refractivity contribution is 6.02. The minimum atomic E-state index is 0.0613. The van der Waals surface area contributed by atoms with E-state index in [1.54, 1.807) is 26.4 Å². The SMILES string of the molecule is COc1cccc(OC)c1C(=O)CN1CCCC1. The lowest BCUT2D eigenvalue weighted by Crippen LogP contribution is -2.27.